The number of rotatable bonds is 4. The normalized spacial score (nSPS) is 17.6. The number of carbonyl (C=O) groups is 1. The molecule has 1 atom stereocenters. The first kappa shape index (κ1) is 12.7. The number of anilines is 2. The summed E-state index contributed by atoms with van der Waals surface area (Å²) in [5.74, 6) is -0.270. The van der Waals surface area contributed by atoms with Crippen LogP contribution in [-0.2, 0) is 0 Å². The number of nitrogens with one attached hydrogen (secondary N) is 1. The van der Waals surface area contributed by atoms with Gasteiger partial charge in [0.25, 0.3) is 0 Å². The molecule has 0 aromatic heterocycles. The summed E-state index contributed by atoms with van der Waals surface area (Å²) in [4.78, 5) is 10.9. The Morgan fingerprint density at radius 3 is 2.67 bits per heavy atom. The zero-order valence-corrected chi connectivity index (χ0v) is 10.6. The molecule has 0 radical (unpaired) electrons. The molecule has 0 heterocycles. The van der Waals surface area contributed by atoms with E-state index in [1.54, 1.807) is 18.2 Å². The van der Waals surface area contributed by atoms with Gasteiger partial charge in [0.1, 0.15) is 0 Å². The van der Waals surface area contributed by atoms with E-state index in [-0.39, 0.29) is 5.56 Å². The monoisotopic (exact) mass is 248 g/mol. The van der Waals surface area contributed by atoms with E-state index >= 15 is 0 Å². The first-order valence-electron chi connectivity index (χ1n) is 6.47. The molecule has 1 saturated carbocycles. The Bertz CT molecular complexity index is 439. The highest BCUT2D eigenvalue weighted by molar-refractivity contribution is 5.94. The Hall–Kier alpha value is -1.71. The molecule has 18 heavy (non-hydrogen) atoms. The lowest BCUT2D eigenvalue weighted by Crippen LogP contribution is -2.23. The van der Waals surface area contributed by atoms with Crippen molar-refractivity contribution >= 4 is 17.3 Å². The van der Waals surface area contributed by atoms with Crippen molar-refractivity contribution in [1.29, 1.82) is 0 Å². The minimum Gasteiger partial charge on any atom is -0.478 e. The van der Waals surface area contributed by atoms with Crippen molar-refractivity contribution < 1.29 is 9.90 Å². The number of hydrogen-bond acceptors (Lipinski definition) is 3. The van der Waals surface area contributed by atoms with Crippen LogP contribution >= 0.6 is 0 Å². The number of carboxylic acid groups (broad SMARTS) is 1. The molecule has 0 aliphatic heterocycles. The predicted octanol–water partition coefficient (Wildman–Crippen LogP) is 2.96. The summed E-state index contributed by atoms with van der Waals surface area (Å²) < 4.78 is 0. The average Bonchev–Trinajstić information content (AvgIpc) is 2.81. The molecule has 1 aromatic carbocycles. The minimum atomic E-state index is -0.983. The lowest BCUT2D eigenvalue weighted by atomic mass is 9.99. The number of aromatic carboxylic acids is 1. The standard InChI is InChI=1S/C14H20N2O2/c1-9(10-4-2-3-5-10)16-11-6-7-12(14(17)18)13(15)8-11/h6-10,16H,2-5,15H2,1H3,(H,17,18). The van der Waals surface area contributed by atoms with Crippen LogP contribution in [0.2, 0.25) is 0 Å². The number of benzene rings is 1. The summed E-state index contributed by atoms with van der Waals surface area (Å²) in [6.07, 6.45) is 5.18. The molecule has 0 bridgehead atoms. The highest BCUT2D eigenvalue weighted by Gasteiger charge is 2.21. The van der Waals surface area contributed by atoms with Crippen LogP contribution in [0.15, 0.2) is 18.2 Å². The van der Waals surface area contributed by atoms with Gasteiger partial charge >= 0.3 is 5.97 Å². The van der Waals surface area contributed by atoms with Gasteiger partial charge in [0.05, 0.1) is 5.56 Å². The summed E-state index contributed by atoms with van der Waals surface area (Å²) in [6.45, 7) is 2.18. The Morgan fingerprint density at radius 1 is 1.44 bits per heavy atom. The maximum absolute atomic E-state index is 10.9. The highest BCUT2D eigenvalue weighted by Crippen LogP contribution is 2.29. The van der Waals surface area contributed by atoms with Crippen LogP contribution in [0.4, 0.5) is 11.4 Å². The third kappa shape index (κ3) is 2.75. The maximum atomic E-state index is 10.9. The van der Waals surface area contributed by atoms with Gasteiger partial charge in [-0.3, -0.25) is 0 Å². The molecule has 4 nitrogen and oxygen atoms in total. The Labute approximate surface area is 107 Å². The van der Waals surface area contributed by atoms with E-state index < -0.39 is 5.97 Å². The summed E-state index contributed by atoms with van der Waals surface area (Å²) in [5, 5.41) is 12.3. The van der Waals surface area contributed by atoms with Crippen molar-refractivity contribution in [2.24, 2.45) is 5.92 Å². The largest absolute Gasteiger partial charge is 0.478 e. The third-order valence-electron chi connectivity index (χ3n) is 3.78. The van der Waals surface area contributed by atoms with E-state index in [1.807, 2.05) is 0 Å². The second-order valence-electron chi connectivity index (χ2n) is 5.08. The van der Waals surface area contributed by atoms with E-state index in [0.29, 0.717) is 17.6 Å². The molecule has 1 unspecified atom stereocenters. The van der Waals surface area contributed by atoms with Crippen molar-refractivity contribution in [2.45, 2.75) is 38.6 Å². The van der Waals surface area contributed by atoms with Gasteiger partial charge in [-0.25, -0.2) is 4.79 Å². The van der Waals surface area contributed by atoms with Crippen molar-refractivity contribution in [3.05, 3.63) is 23.8 Å². The molecular formula is C14H20N2O2. The minimum absolute atomic E-state index is 0.161. The van der Waals surface area contributed by atoms with Crippen LogP contribution in [0.25, 0.3) is 0 Å². The zero-order chi connectivity index (χ0) is 13.1. The number of carboxylic acids is 1. The predicted molar refractivity (Wildman–Crippen MR) is 72.9 cm³/mol. The average molecular weight is 248 g/mol. The smallest absolute Gasteiger partial charge is 0.337 e. The summed E-state index contributed by atoms with van der Waals surface area (Å²) in [5.41, 5.74) is 7.10. The highest BCUT2D eigenvalue weighted by atomic mass is 16.4. The van der Waals surface area contributed by atoms with E-state index in [1.165, 1.54) is 25.7 Å². The molecule has 98 valence electrons. The lowest BCUT2D eigenvalue weighted by Gasteiger charge is -2.21. The number of hydrogen-bond donors (Lipinski definition) is 3. The fraction of sp³-hybridized carbons (Fsp3) is 0.500. The molecule has 4 heteroatoms. The molecule has 1 aliphatic carbocycles. The van der Waals surface area contributed by atoms with Crippen molar-refractivity contribution in [3.63, 3.8) is 0 Å². The van der Waals surface area contributed by atoms with E-state index in [0.717, 1.165) is 5.69 Å². The van der Waals surface area contributed by atoms with Gasteiger partial charge in [-0.2, -0.15) is 0 Å². The van der Waals surface area contributed by atoms with Crippen LogP contribution in [0, 0.1) is 5.92 Å². The molecule has 0 saturated heterocycles. The van der Waals surface area contributed by atoms with Crippen molar-refractivity contribution in [2.75, 3.05) is 11.1 Å². The second-order valence-corrected chi connectivity index (χ2v) is 5.08. The zero-order valence-electron chi connectivity index (χ0n) is 10.6. The van der Waals surface area contributed by atoms with E-state index in [4.69, 9.17) is 10.8 Å². The molecule has 1 fully saturated rings. The molecule has 4 N–H and O–H groups in total. The molecular weight excluding hydrogens is 228 g/mol. The van der Waals surface area contributed by atoms with Gasteiger partial charge in [-0.1, -0.05) is 12.8 Å². The van der Waals surface area contributed by atoms with Crippen LogP contribution in [0.3, 0.4) is 0 Å². The lowest BCUT2D eigenvalue weighted by molar-refractivity contribution is 0.0698. The second kappa shape index (κ2) is 5.29. The Kier molecular flexibility index (Phi) is 3.75. The number of nitrogen functional groups attached to an aromatic ring is 1. The molecule has 1 aromatic rings. The van der Waals surface area contributed by atoms with Gasteiger partial charge in [0, 0.05) is 17.4 Å². The van der Waals surface area contributed by atoms with Gasteiger partial charge < -0.3 is 16.2 Å². The summed E-state index contributed by atoms with van der Waals surface area (Å²) in [6, 6.07) is 5.45. The van der Waals surface area contributed by atoms with Crippen LogP contribution < -0.4 is 11.1 Å². The van der Waals surface area contributed by atoms with Crippen LogP contribution in [-0.4, -0.2) is 17.1 Å². The van der Waals surface area contributed by atoms with Crippen LogP contribution in [0.1, 0.15) is 43.0 Å². The first-order chi connectivity index (χ1) is 8.58. The fourth-order valence-corrected chi connectivity index (χ4v) is 2.69. The summed E-state index contributed by atoms with van der Waals surface area (Å²) in [7, 11) is 0. The fourth-order valence-electron chi connectivity index (χ4n) is 2.69. The Morgan fingerprint density at radius 2 is 2.11 bits per heavy atom. The first-order valence-corrected chi connectivity index (χ1v) is 6.47. The SMILES string of the molecule is CC(Nc1ccc(C(=O)O)c(N)c1)C1CCCC1. The van der Waals surface area contributed by atoms with E-state index in [2.05, 4.69) is 12.2 Å². The Balaban J connectivity index is 2.05. The van der Waals surface area contributed by atoms with Gasteiger partial charge in [0.15, 0.2) is 0 Å². The number of nitrogens with two attached hydrogens (primary N) is 1. The van der Waals surface area contributed by atoms with Gasteiger partial charge in [-0.15, -0.1) is 0 Å². The van der Waals surface area contributed by atoms with Crippen molar-refractivity contribution in [1.82, 2.24) is 0 Å². The topological polar surface area (TPSA) is 75.3 Å². The quantitative estimate of drug-likeness (QED) is 0.716. The molecule has 0 spiro atoms. The van der Waals surface area contributed by atoms with E-state index in [9.17, 15) is 4.79 Å². The maximum Gasteiger partial charge on any atom is 0.337 e. The molecule has 2 rings (SSSR count). The summed E-state index contributed by atoms with van der Waals surface area (Å²) >= 11 is 0. The van der Waals surface area contributed by atoms with Crippen molar-refractivity contribution in [3.8, 4) is 0 Å². The van der Waals surface area contributed by atoms with Gasteiger partial charge in [-0.05, 0) is 43.9 Å². The third-order valence-corrected chi connectivity index (χ3v) is 3.78. The van der Waals surface area contributed by atoms with Gasteiger partial charge in [0.2, 0.25) is 0 Å². The molecule has 1 aliphatic rings. The van der Waals surface area contributed by atoms with Crippen LogP contribution in [0.5, 0.6) is 0 Å². The molecule has 0 amide bonds.